The molecule has 2 atom stereocenters. The molecule has 0 aliphatic heterocycles. The first kappa shape index (κ1) is 22.3. The summed E-state index contributed by atoms with van der Waals surface area (Å²) in [6.45, 7) is 3.83. The molecule has 0 saturated carbocycles. The van der Waals surface area contributed by atoms with Crippen molar-refractivity contribution in [2.45, 2.75) is 25.9 Å². The molecule has 0 aliphatic carbocycles. The predicted octanol–water partition coefficient (Wildman–Crippen LogP) is 6.82. The number of halogens is 2. The zero-order chi connectivity index (χ0) is 22.4. The van der Waals surface area contributed by atoms with Gasteiger partial charge in [-0.15, -0.1) is 0 Å². The van der Waals surface area contributed by atoms with Crippen molar-refractivity contribution in [2.24, 2.45) is 5.92 Å². The van der Waals surface area contributed by atoms with Crippen LogP contribution in [0.3, 0.4) is 0 Å². The van der Waals surface area contributed by atoms with Crippen LogP contribution in [-0.4, -0.2) is 5.97 Å². The number of ether oxygens (including phenoxy) is 2. The molecule has 31 heavy (non-hydrogen) atoms. The fourth-order valence-corrected chi connectivity index (χ4v) is 3.33. The van der Waals surface area contributed by atoms with Gasteiger partial charge in [-0.25, -0.2) is 4.39 Å². The van der Waals surface area contributed by atoms with Crippen molar-refractivity contribution in [3.63, 3.8) is 0 Å². The zero-order valence-electron chi connectivity index (χ0n) is 17.1. The molecule has 0 bridgehead atoms. The van der Waals surface area contributed by atoms with Gasteiger partial charge in [0.25, 0.3) is 0 Å². The number of rotatable bonds is 7. The number of nitriles is 1. The van der Waals surface area contributed by atoms with E-state index >= 15 is 0 Å². The summed E-state index contributed by atoms with van der Waals surface area (Å²) >= 11 is 5.95. The van der Waals surface area contributed by atoms with E-state index in [4.69, 9.17) is 21.1 Å². The first-order chi connectivity index (χ1) is 14.9. The second kappa shape index (κ2) is 10.1. The molecule has 6 heteroatoms. The Morgan fingerprint density at radius 3 is 2.26 bits per heavy atom. The minimum absolute atomic E-state index is 0.0406. The molecule has 0 saturated heterocycles. The van der Waals surface area contributed by atoms with Crippen molar-refractivity contribution < 1.29 is 18.7 Å². The van der Waals surface area contributed by atoms with Crippen LogP contribution in [0.5, 0.6) is 11.5 Å². The van der Waals surface area contributed by atoms with E-state index in [0.717, 1.165) is 5.56 Å². The Hall–Kier alpha value is -3.36. The third kappa shape index (κ3) is 5.84. The number of benzene rings is 3. The van der Waals surface area contributed by atoms with E-state index in [2.05, 4.69) is 0 Å². The summed E-state index contributed by atoms with van der Waals surface area (Å²) in [7, 11) is 0. The van der Waals surface area contributed by atoms with Crippen LogP contribution in [0.25, 0.3) is 0 Å². The van der Waals surface area contributed by atoms with E-state index in [1.807, 2.05) is 19.9 Å². The number of carbonyl (C=O) groups is 1. The lowest BCUT2D eigenvalue weighted by Gasteiger charge is -2.22. The highest BCUT2D eigenvalue weighted by Crippen LogP contribution is 2.31. The van der Waals surface area contributed by atoms with Crippen LogP contribution in [0.15, 0.2) is 72.8 Å². The summed E-state index contributed by atoms with van der Waals surface area (Å²) < 4.78 is 24.4. The SMILES string of the molecule is CC(C)C(C(=O)OC(C#N)c1cccc(Oc2ccc(F)cc2)c1)c1ccc(Cl)cc1. The Bertz CT molecular complexity index is 1080. The average Bonchev–Trinajstić information content (AvgIpc) is 2.75. The average molecular weight is 438 g/mol. The number of esters is 1. The zero-order valence-corrected chi connectivity index (χ0v) is 17.8. The Morgan fingerprint density at radius 2 is 1.65 bits per heavy atom. The minimum atomic E-state index is -1.10. The summed E-state index contributed by atoms with van der Waals surface area (Å²) in [5.74, 6) is -0.537. The smallest absolute Gasteiger partial charge is 0.315 e. The molecule has 3 aromatic rings. The van der Waals surface area contributed by atoms with Crippen LogP contribution in [0.4, 0.5) is 4.39 Å². The van der Waals surface area contributed by atoms with Crippen molar-refractivity contribution >= 4 is 17.6 Å². The molecule has 0 fully saturated rings. The molecule has 0 radical (unpaired) electrons. The number of hydrogen-bond acceptors (Lipinski definition) is 4. The standard InChI is InChI=1S/C25H21ClFNO3/c1-16(2)24(17-6-8-19(26)9-7-17)25(29)31-23(15-28)18-4-3-5-22(14-18)30-21-12-10-20(27)11-13-21/h3-14,16,23-24H,1-2H3. The molecule has 3 aromatic carbocycles. The highest BCUT2D eigenvalue weighted by atomic mass is 35.5. The molecule has 0 N–H and O–H groups in total. The normalized spacial score (nSPS) is 12.6. The second-order valence-corrected chi connectivity index (χ2v) is 7.78. The molecule has 3 rings (SSSR count). The molecule has 0 aliphatic rings. The van der Waals surface area contributed by atoms with Crippen LogP contribution in [-0.2, 0) is 9.53 Å². The molecule has 4 nitrogen and oxygen atoms in total. The van der Waals surface area contributed by atoms with Crippen molar-refractivity contribution in [3.8, 4) is 17.6 Å². The molecule has 2 unspecified atom stereocenters. The Balaban J connectivity index is 1.78. The van der Waals surface area contributed by atoms with Crippen molar-refractivity contribution in [1.29, 1.82) is 5.26 Å². The molecular formula is C25H21ClFNO3. The molecular weight excluding hydrogens is 417 g/mol. The van der Waals surface area contributed by atoms with Gasteiger partial charge in [0.2, 0.25) is 6.10 Å². The summed E-state index contributed by atoms with van der Waals surface area (Å²) in [6.07, 6.45) is -1.10. The number of nitrogens with zero attached hydrogens (tertiary/aromatic N) is 1. The van der Waals surface area contributed by atoms with E-state index in [1.54, 1.807) is 48.5 Å². The van der Waals surface area contributed by atoms with Crippen molar-refractivity contribution in [3.05, 3.63) is 94.8 Å². The lowest BCUT2D eigenvalue weighted by atomic mass is 9.88. The maximum Gasteiger partial charge on any atom is 0.315 e. The fourth-order valence-electron chi connectivity index (χ4n) is 3.20. The van der Waals surface area contributed by atoms with Crippen LogP contribution >= 0.6 is 11.6 Å². The predicted molar refractivity (Wildman–Crippen MR) is 116 cm³/mol. The van der Waals surface area contributed by atoms with Crippen molar-refractivity contribution in [2.75, 3.05) is 0 Å². The van der Waals surface area contributed by atoms with Gasteiger partial charge >= 0.3 is 5.97 Å². The summed E-state index contributed by atoms with van der Waals surface area (Å²) in [4.78, 5) is 12.9. The highest BCUT2D eigenvalue weighted by Gasteiger charge is 2.29. The first-order valence-corrected chi connectivity index (χ1v) is 10.1. The van der Waals surface area contributed by atoms with Crippen LogP contribution in [0.2, 0.25) is 5.02 Å². The lowest BCUT2D eigenvalue weighted by Crippen LogP contribution is -2.22. The van der Waals surface area contributed by atoms with Crippen LogP contribution in [0.1, 0.15) is 37.0 Å². The van der Waals surface area contributed by atoms with Gasteiger partial charge in [-0.1, -0.05) is 49.7 Å². The topological polar surface area (TPSA) is 59.3 Å². The Labute approximate surface area is 185 Å². The van der Waals surface area contributed by atoms with E-state index in [0.29, 0.717) is 22.1 Å². The molecule has 0 heterocycles. The first-order valence-electron chi connectivity index (χ1n) is 9.76. The van der Waals surface area contributed by atoms with Gasteiger partial charge < -0.3 is 9.47 Å². The van der Waals surface area contributed by atoms with E-state index in [-0.39, 0.29) is 11.7 Å². The number of hydrogen-bond donors (Lipinski definition) is 0. The van der Waals surface area contributed by atoms with Gasteiger partial charge in [-0.05, 0) is 60.0 Å². The summed E-state index contributed by atoms with van der Waals surface area (Å²) in [5.41, 5.74) is 1.25. The number of carbonyl (C=O) groups excluding carboxylic acids is 1. The molecule has 0 aromatic heterocycles. The molecule has 0 spiro atoms. The monoisotopic (exact) mass is 437 g/mol. The van der Waals surface area contributed by atoms with Gasteiger partial charge in [0.1, 0.15) is 23.4 Å². The second-order valence-electron chi connectivity index (χ2n) is 7.35. The quantitative estimate of drug-likeness (QED) is 0.380. The van der Waals surface area contributed by atoms with Crippen molar-refractivity contribution in [1.82, 2.24) is 0 Å². The highest BCUT2D eigenvalue weighted by molar-refractivity contribution is 6.30. The van der Waals surface area contributed by atoms with E-state index in [9.17, 15) is 14.4 Å². The van der Waals surface area contributed by atoms with Crippen LogP contribution in [0, 0.1) is 23.1 Å². The van der Waals surface area contributed by atoms with Crippen LogP contribution < -0.4 is 4.74 Å². The molecule has 0 amide bonds. The lowest BCUT2D eigenvalue weighted by molar-refractivity contribution is -0.150. The third-order valence-corrected chi connectivity index (χ3v) is 4.96. The van der Waals surface area contributed by atoms with Gasteiger partial charge in [0.05, 0.1) is 5.92 Å². The summed E-state index contributed by atoms with van der Waals surface area (Å²) in [5, 5.41) is 10.2. The van der Waals surface area contributed by atoms with Gasteiger partial charge in [-0.2, -0.15) is 5.26 Å². The van der Waals surface area contributed by atoms with E-state index in [1.165, 1.54) is 24.3 Å². The third-order valence-electron chi connectivity index (χ3n) is 4.71. The minimum Gasteiger partial charge on any atom is -0.457 e. The molecule has 158 valence electrons. The van der Waals surface area contributed by atoms with Gasteiger partial charge in [0, 0.05) is 10.6 Å². The van der Waals surface area contributed by atoms with E-state index < -0.39 is 18.0 Å². The maximum atomic E-state index is 13.1. The maximum absolute atomic E-state index is 13.1. The largest absolute Gasteiger partial charge is 0.457 e. The summed E-state index contributed by atoms with van der Waals surface area (Å²) in [6, 6.07) is 21.3. The fraction of sp³-hybridized carbons (Fsp3) is 0.200. The van der Waals surface area contributed by atoms with Gasteiger partial charge in [0.15, 0.2) is 0 Å². The Morgan fingerprint density at radius 1 is 0.968 bits per heavy atom. The Kier molecular flexibility index (Phi) is 7.28. The van der Waals surface area contributed by atoms with Gasteiger partial charge in [-0.3, -0.25) is 4.79 Å².